The quantitative estimate of drug-likeness (QED) is 0.543. The van der Waals surface area contributed by atoms with Crippen molar-refractivity contribution in [2.75, 3.05) is 0 Å². The van der Waals surface area contributed by atoms with E-state index in [4.69, 9.17) is 9.84 Å². The Hall–Kier alpha value is -2.23. The number of carboxylic acid groups (broad SMARTS) is 1. The van der Waals surface area contributed by atoms with Gasteiger partial charge in [0.15, 0.2) is 0 Å². The summed E-state index contributed by atoms with van der Waals surface area (Å²) in [5.74, 6) is 0.331. The highest BCUT2D eigenvalue weighted by atomic mass is 16.5. The maximum absolute atomic E-state index is 10.4. The van der Waals surface area contributed by atoms with Crippen molar-refractivity contribution in [3.8, 4) is 11.5 Å². The molecule has 2 N–H and O–H groups in total. The molecule has 4 nitrogen and oxygen atoms in total. The molecule has 136 valence electrons. The average Bonchev–Trinajstić information content (AvgIpc) is 2.52. The highest BCUT2D eigenvalue weighted by molar-refractivity contribution is 5.79. The monoisotopic (exact) mass is 344 g/mol. The van der Waals surface area contributed by atoms with Gasteiger partial charge in [0.1, 0.15) is 17.1 Å². The summed E-state index contributed by atoms with van der Waals surface area (Å²) in [6, 6.07) is 3.55. The number of phenols is 1. The van der Waals surface area contributed by atoms with Gasteiger partial charge in [-0.1, -0.05) is 17.7 Å². The number of hydrogen-bond acceptors (Lipinski definition) is 3. The van der Waals surface area contributed by atoms with E-state index >= 15 is 0 Å². The van der Waals surface area contributed by atoms with E-state index < -0.39 is 5.97 Å². The van der Waals surface area contributed by atoms with Crippen LogP contribution in [0.4, 0.5) is 0 Å². The van der Waals surface area contributed by atoms with Gasteiger partial charge in [-0.2, -0.15) is 0 Å². The van der Waals surface area contributed by atoms with Crippen LogP contribution in [-0.2, 0) is 11.2 Å². The minimum Gasteiger partial charge on any atom is -0.508 e. The fourth-order valence-electron chi connectivity index (χ4n) is 3.25. The van der Waals surface area contributed by atoms with E-state index in [0.29, 0.717) is 5.75 Å². The molecule has 0 spiro atoms. The van der Waals surface area contributed by atoms with Gasteiger partial charge in [0.2, 0.25) is 0 Å². The van der Waals surface area contributed by atoms with Crippen molar-refractivity contribution in [2.45, 2.75) is 64.9 Å². The highest BCUT2D eigenvalue weighted by Crippen LogP contribution is 2.39. The van der Waals surface area contributed by atoms with Gasteiger partial charge in [-0.3, -0.25) is 0 Å². The van der Waals surface area contributed by atoms with Crippen LogP contribution in [0.2, 0.25) is 0 Å². The fourth-order valence-corrected chi connectivity index (χ4v) is 3.25. The first-order valence-electron chi connectivity index (χ1n) is 8.86. The fraction of sp³-hybridized carbons (Fsp3) is 0.476. The number of carboxylic acids is 1. The molecule has 0 saturated heterocycles. The minimum absolute atomic E-state index is 0.186. The minimum atomic E-state index is -0.895. The molecule has 0 saturated carbocycles. The number of phenolic OH excluding ortho intramolecular Hbond substituents is 1. The third-order valence-corrected chi connectivity index (χ3v) is 4.74. The molecule has 1 aliphatic heterocycles. The molecule has 4 heteroatoms. The summed E-state index contributed by atoms with van der Waals surface area (Å²) in [5.41, 5.74) is 3.16. The number of fused-ring (bicyclic) bond motifs is 1. The summed E-state index contributed by atoms with van der Waals surface area (Å²) in [4.78, 5) is 10.4. The molecule has 1 heterocycles. The zero-order valence-electron chi connectivity index (χ0n) is 15.3. The number of hydrogen-bond donors (Lipinski definition) is 2. The van der Waals surface area contributed by atoms with Gasteiger partial charge in [0.05, 0.1) is 0 Å². The molecular weight excluding hydrogens is 316 g/mol. The van der Waals surface area contributed by atoms with Crippen LogP contribution in [0.5, 0.6) is 11.5 Å². The molecule has 0 aromatic heterocycles. The Bertz CT molecular complexity index is 687. The summed E-state index contributed by atoms with van der Waals surface area (Å²) in [6.45, 7) is 6.21. The molecular formula is C21H28O4. The van der Waals surface area contributed by atoms with E-state index in [1.54, 1.807) is 18.2 Å². The number of carbonyl (C=O) groups is 1. The topological polar surface area (TPSA) is 66.8 Å². The third kappa shape index (κ3) is 5.66. The van der Waals surface area contributed by atoms with Crippen molar-refractivity contribution >= 4 is 5.97 Å². The van der Waals surface area contributed by atoms with E-state index in [0.717, 1.165) is 55.4 Å². The lowest BCUT2D eigenvalue weighted by atomic mass is 9.87. The number of benzene rings is 1. The average molecular weight is 344 g/mol. The maximum atomic E-state index is 10.4. The van der Waals surface area contributed by atoms with Crippen molar-refractivity contribution < 1.29 is 19.7 Å². The lowest BCUT2D eigenvalue weighted by Crippen LogP contribution is -2.36. The van der Waals surface area contributed by atoms with Crippen LogP contribution in [0.15, 0.2) is 35.9 Å². The van der Waals surface area contributed by atoms with Crippen molar-refractivity contribution in [3.05, 3.63) is 47.1 Å². The Morgan fingerprint density at radius 1 is 1.36 bits per heavy atom. The maximum Gasteiger partial charge on any atom is 0.327 e. The summed E-state index contributed by atoms with van der Waals surface area (Å²) >= 11 is 0. The largest absolute Gasteiger partial charge is 0.508 e. The number of allylic oxidation sites excluding steroid dienone is 3. The summed E-state index contributed by atoms with van der Waals surface area (Å²) in [5, 5.41) is 18.3. The first-order valence-corrected chi connectivity index (χ1v) is 8.86. The lowest BCUT2D eigenvalue weighted by molar-refractivity contribution is -0.131. The Balaban J connectivity index is 1.88. The Labute approximate surface area is 149 Å². The highest BCUT2D eigenvalue weighted by Gasteiger charge is 2.31. The molecule has 0 aliphatic carbocycles. The summed E-state index contributed by atoms with van der Waals surface area (Å²) in [7, 11) is 0. The number of rotatable bonds is 7. The normalized spacial score (nSPS) is 20.4. The van der Waals surface area contributed by atoms with Crippen LogP contribution in [0.3, 0.4) is 0 Å². The van der Waals surface area contributed by atoms with E-state index in [2.05, 4.69) is 19.9 Å². The molecule has 25 heavy (non-hydrogen) atoms. The number of ether oxygens (including phenoxy) is 1. The van der Waals surface area contributed by atoms with Crippen LogP contribution in [0.25, 0.3) is 0 Å². The second-order valence-electron chi connectivity index (χ2n) is 7.17. The first-order chi connectivity index (χ1) is 11.8. The van der Waals surface area contributed by atoms with Crippen LogP contribution >= 0.6 is 0 Å². The second-order valence-corrected chi connectivity index (χ2v) is 7.17. The molecule has 0 bridgehead atoms. The molecule has 1 aliphatic rings. The van der Waals surface area contributed by atoms with Crippen LogP contribution in [0, 0.1) is 6.92 Å². The van der Waals surface area contributed by atoms with Crippen molar-refractivity contribution in [1.29, 1.82) is 0 Å². The molecule has 0 unspecified atom stereocenters. The molecule has 0 fully saturated rings. The van der Waals surface area contributed by atoms with E-state index in [9.17, 15) is 9.90 Å². The smallest absolute Gasteiger partial charge is 0.327 e. The van der Waals surface area contributed by atoms with Gasteiger partial charge in [-0.25, -0.2) is 4.79 Å². The summed E-state index contributed by atoms with van der Waals surface area (Å²) < 4.78 is 6.30. The zero-order chi connectivity index (χ0) is 18.4. The van der Waals surface area contributed by atoms with Gasteiger partial charge in [-0.15, -0.1) is 0 Å². The number of aromatic hydroxyl groups is 1. The van der Waals surface area contributed by atoms with Crippen LogP contribution < -0.4 is 4.74 Å². The van der Waals surface area contributed by atoms with Gasteiger partial charge in [0.25, 0.3) is 0 Å². The third-order valence-electron chi connectivity index (χ3n) is 4.74. The van der Waals surface area contributed by atoms with Crippen molar-refractivity contribution in [2.24, 2.45) is 0 Å². The van der Waals surface area contributed by atoms with E-state index in [-0.39, 0.29) is 5.60 Å². The van der Waals surface area contributed by atoms with Crippen LogP contribution in [-0.4, -0.2) is 21.8 Å². The van der Waals surface area contributed by atoms with Crippen molar-refractivity contribution in [1.82, 2.24) is 0 Å². The lowest BCUT2D eigenvalue weighted by Gasteiger charge is -2.36. The molecule has 1 aromatic rings. The van der Waals surface area contributed by atoms with E-state index in [1.807, 2.05) is 6.92 Å². The Morgan fingerprint density at radius 2 is 2.12 bits per heavy atom. The second kappa shape index (κ2) is 8.24. The standard InChI is InChI=1S/C21H28O4/c1-15(7-4-5-9-19(23)24)8-6-11-21(3)12-10-17-14-18(22)13-16(2)20(17)25-21/h5,8-9,13-14,22H,4,6-7,10-12H2,1-3H3,(H,23,24)/b9-5+,15-8+/t21-/m1/s1. The van der Waals surface area contributed by atoms with E-state index in [1.165, 1.54) is 11.6 Å². The van der Waals surface area contributed by atoms with Gasteiger partial charge >= 0.3 is 5.97 Å². The Kier molecular flexibility index (Phi) is 6.29. The Morgan fingerprint density at radius 3 is 2.84 bits per heavy atom. The van der Waals surface area contributed by atoms with Gasteiger partial charge in [0, 0.05) is 6.08 Å². The summed E-state index contributed by atoms with van der Waals surface area (Å²) in [6.07, 6.45) is 10.5. The molecule has 1 aromatic carbocycles. The number of aliphatic carboxylic acids is 1. The molecule has 2 rings (SSSR count). The van der Waals surface area contributed by atoms with Crippen molar-refractivity contribution in [3.63, 3.8) is 0 Å². The first kappa shape index (κ1) is 19.1. The SMILES string of the molecule is C/C(=C\CC[C@]1(C)CCc2cc(O)cc(C)c2O1)CC/C=C/C(=O)O. The molecule has 0 amide bonds. The van der Waals surface area contributed by atoms with Gasteiger partial charge in [-0.05, 0) is 82.6 Å². The zero-order valence-corrected chi connectivity index (χ0v) is 15.3. The molecule has 0 radical (unpaired) electrons. The van der Waals surface area contributed by atoms with Crippen LogP contribution in [0.1, 0.15) is 57.1 Å². The predicted octanol–water partition coefficient (Wildman–Crippen LogP) is 4.93. The van der Waals surface area contributed by atoms with Gasteiger partial charge < -0.3 is 14.9 Å². The number of aryl methyl sites for hydroxylation is 2. The molecule has 1 atom stereocenters. The predicted molar refractivity (Wildman–Crippen MR) is 99.2 cm³/mol.